The Morgan fingerprint density at radius 2 is 1.94 bits per heavy atom. The number of aromatic hydroxyl groups is 1. The molecular formula is C24H28N2O5S2. The molecule has 0 saturated carbocycles. The molecule has 0 unspecified atom stereocenters. The van der Waals surface area contributed by atoms with Gasteiger partial charge in [0.2, 0.25) is 0 Å². The van der Waals surface area contributed by atoms with Crippen LogP contribution in [-0.4, -0.2) is 56.6 Å². The van der Waals surface area contributed by atoms with Crippen molar-refractivity contribution in [1.29, 1.82) is 0 Å². The summed E-state index contributed by atoms with van der Waals surface area (Å²) in [4.78, 5) is 18.9. The number of hydrogen-bond acceptors (Lipinski definition) is 8. The summed E-state index contributed by atoms with van der Waals surface area (Å²) >= 11 is 1.50. The van der Waals surface area contributed by atoms with E-state index in [4.69, 9.17) is 4.74 Å². The van der Waals surface area contributed by atoms with Crippen molar-refractivity contribution in [3.63, 3.8) is 0 Å². The van der Waals surface area contributed by atoms with Gasteiger partial charge in [-0.2, -0.15) is 0 Å². The number of esters is 1. The number of ether oxygens (including phenoxy) is 1. The highest BCUT2D eigenvalue weighted by Crippen LogP contribution is 2.27. The van der Waals surface area contributed by atoms with Crippen LogP contribution < -0.4 is 0 Å². The van der Waals surface area contributed by atoms with Gasteiger partial charge in [-0.3, -0.25) is 0 Å². The standard InChI is InChI=1S/C24H28N2O5S2/c1-17-25-22(15-32-17)19-7-6-8-20(14-19)33(29,30)16-18-9-10-21(23(27)13-18)24(28)31-12-5-4-11-26(2)3/h6-10,13-15,27H,4-5,11-12,16H2,1-3H3. The Hall–Kier alpha value is -2.75. The van der Waals surface area contributed by atoms with Gasteiger partial charge in [-0.25, -0.2) is 18.2 Å². The first-order chi connectivity index (χ1) is 15.7. The maximum atomic E-state index is 13.0. The molecule has 2 aromatic carbocycles. The van der Waals surface area contributed by atoms with E-state index in [0.29, 0.717) is 5.56 Å². The summed E-state index contributed by atoms with van der Waals surface area (Å²) < 4.78 is 31.2. The van der Waals surface area contributed by atoms with E-state index in [-0.39, 0.29) is 28.6 Å². The second-order valence-corrected chi connectivity index (χ2v) is 11.1. The first kappa shape index (κ1) is 24.9. The Morgan fingerprint density at radius 3 is 2.61 bits per heavy atom. The van der Waals surface area contributed by atoms with Crippen LogP contribution in [0.3, 0.4) is 0 Å². The Morgan fingerprint density at radius 1 is 1.15 bits per heavy atom. The minimum Gasteiger partial charge on any atom is -0.507 e. The lowest BCUT2D eigenvalue weighted by molar-refractivity contribution is 0.0493. The SMILES string of the molecule is Cc1nc(-c2cccc(S(=O)(=O)Cc3ccc(C(=O)OCCCCN(C)C)c(O)c3)c2)cs1. The van der Waals surface area contributed by atoms with Crippen molar-refractivity contribution in [3.05, 3.63) is 64.0 Å². The number of aromatic nitrogens is 1. The number of benzene rings is 2. The average molecular weight is 489 g/mol. The van der Waals surface area contributed by atoms with Gasteiger partial charge in [0.25, 0.3) is 0 Å². The van der Waals surface area contributed by atoms with Gasteiger partial charge >= 0.3 is 5.97 Å². The lowest BCUT2D eigenvalue weighted by atomic mass is 10.1. The molecule has 1 N–H and O–H groups in total. The molecular weight excluding hydrogens is 460 g/mol. The van der Waals surface area contributed by atoms with Crippen LogP contribution in [0.25, 0.3) is 11.3 Å². The number of rotatable bonds is 10. The zero-order valence-corrected chi connectivity index (χ0v) is 20.6. The lowest BCUT2D eigenvalue weighted by Gasteiger charge is -2.10. The van der Waals surface area contributed by atoms with Gasteiger partial charge in [0.05, 0.1) is 28.0 Å². The van der Waals surface area contributed by atoms with Gasteiger partial charge in [-0.1, -0.05) is 18.2 Å². The molecule has 0 atom stereocenters. The molecule has 0 amide bonds. The van der Waals surface area contributed by atoms with Crippen molar-refractivity contribution in [1.82, 2.24) is 9.88 Å². The van der Waals surface area contributed by atoms with Crippen LogP contribution in [0.2, 0.25) is 0 Å². The van der Waals surface area contributed by atoms with E-state index in [2.05, 4.69) is 9.88 Å². The molecule has 176 valence electrons. The summed E-state index contributed by atoms with van der Waals surface area (Å²) in [5, 5.41) is 13.1. The molecule has 3 rings (SSSR count). The highest BCUT2D eigenvalue weighted by atomic mass is 32.2. The van der Waals surface area contributed by atoms with E-state index < -0.39 is 15.8 Å². The normalized spacial score (nSPS) is 11.6. The summed E-state index contributed by atoms with van der Waals surface area (Å²) in [6.45, 7) is 3.06. The number of carbonyl (C=O) groups excluding carboxylic acids is 1. The highest BCUT2D eigenvalue weighted by Gasteiger charge is 2.19. The molecule has 1 heterocycles. The summed E-state index contributed by atoms with van der Waals surface area (Å²) in [6, 6.07) is 10.9. The van der Waals surface area contributed by atoms with Crippen molar-refractivity contribution in [2.24, 2.45) is 0 Å². The van der Waals surface area contributed by atoms with Gasteiger partial charge in [-0.05, 0) is 70.2 Å². The molecule has 0 saturated heterocycles. The maximum Gasteiger partial charge on any atom is 0.341 e. The van der Waals surface area contributed by atoms with E-state index in [9.17, 15) is 18.3 Å². The summed E-state index contributed by atoms with van der Waals surface area (Å²) in [5.41, 5.74) is 1.86. The number of hydrogen-bond donors (Lipinski definition) is 1. The van der Waals surface area contributed by atoms with E-state index in [1.807, 2.05) is 32.5 Å². The van der Waals surface area contributed by atoms with Crippen molar-refractivity contribution >= 4 is 27.1 Å². The van der Waals surface area contributed by atoms with Gasteiger partial charge < -0.3 is 14.7 Å². The summed E-state index contributed by atoms with van der Waals surface area (Å²) in [5.74, 6) is -1.23. The number of aryl methyl sites for hydroxylation is 1. The van der Waals surface area contributed by atoms with Gasteiger partial charge in [0, 0.05) is 10.9 Å². The fraction of sp³-hybridized carbons (Fsp3) is 0.333. The van der Waals surface area contributed by atoms with Crippen molar-refractivity contribution < 1.29 is 23.1 Å². The molecule has 0 spiro atoms. The fourth-order valence-electron chi connectivity index (χ4n) is 3.26. The summed E-state index contributed by atoms with van der Waals surface area (Å²) in [6.07, 6.45) is 1.62. The predicted molar refractivity (Wildman–Crippen MR) is 129 cm³/mol. The molecule has 0 fully saturated rings. The number of phenolic OH excluding ortho intramolecular Hbond substituents is 1. The second-order valence-electron chi connectivity index (χ2n) is 8.04. The molecule has 7 nitrogen and oxygen atoms in total. The first-order valence-electron chi connectivity index (χ1n) is 10.5. The van der Waals surface area contributed by atoms with Crippen LogP contribution in [0.4, 0.5) is 0 Å². The number of carbonyl (C=O) groups is 1. The van der Waals surface area contributed by atoms with Crippen molar-refractivity contribution in [2.45, 2.75) is 30.4 Å². The Labute approximate surface area is 198 Å². The minimum atomic E-state index is -3.67. The quantitative estimate of drug-likeness (QED) is 0.336. The van der Waals surface area contributed by atoms with Crippen LogP contribution in [0.5, 0.6) is 5.75 Å². The molecule has 33 heavy (non-hydrogen) atoms. The number of unbranched alkanes of at least 4 members (excludes halogenated alkanes) is 1. The molecule has 0 radical (unpaired) electrons. The van der Waals surface area contributed by atoms with Crippen molar-refractivity contribution in [3.8, 4) is 17.0 Å². The molecule has 0 aliphatic carbocycles. The molecule has 0 aliphatic heterocycles. The number of sulfone groups is 1. The topological polar surface area (TPSA) is 96.8 Å². The smallest absolute Gasteiger partial charge is 0.341 e. The second kappa shape index (κ2) is 10.9. The van der Waals surface area contributed by atoms with Gasteiger partial charge in [0.15, 0.2) is 9.84 Å². The third-order valence-electron chi connectivity index (χ3n) is 4.98. The molecule has 0 bridgehead atoms. The van der Waals surface area contributed by atoms with E-state index >= 15 is 0 Å². The van der Waals surface area contributed by atoms with E-state index in [1.54, 1.807) is 18.2 Å². The lowest BCUT2D eigenvalue weighted by Crippen LogP contribution is -2.14. The van der Waals surface area contributed by atoms with Gasteiger partial charge in [0.1, 0.15) is 11.3 Å². The third-order valence-corrected chi connectivity index (χ3v) is 7.44. The number of phenols is 1. The van der Waals surface area contributed by atoms with Crippen LogP contribution >= 0.6 is 11.3 Å². The number of nitrogens with zero attached hydrogens (tertiary/aromatic N) is 2. The largest absolute Gasteiger partial charge is 0.507 e. The van der Waals surface area contributed by atoms with E-state index in [0.717, 1.165) is 35.7 Å². The minimum absolute atomic E-state index is 0.0182. The monoisotopic (exact) mass is 488 g/mol. The Balaban J connectivity index is 1.67. The molecule has 9 heteroatoms. The van der Waals surface area contributed by atoms with Gasteiger partial charge in [-0.15, -0.1) is 11.3 Å². The summed E-state index contributed by atoms with van der Waals surface area (Å²) in [7, 11) is 0.283. The average Bonchev–Trinajstić information content (AvgIpc) is 3.19. The van der Waals surface area contributed by atoms with Crippen LogP contribution in [0.1, 0.15) is 33.8 Å². The third kappa shape index (κ3) is 6.86. The van der Waals surface area contributed by atoms with E-state index in [1.165, 1.54) is 29.5 Å². The molecule has 1 aromatic heterocycles. The predicted octanol–water partition coefficient (Wildman–Crippen LogP) is 4.30. The van der Waals surface area contributed by atoms with Crippen molar-refractivity contribution in [2.75, 3.05) is 27.2 Å². The first-order valence-corrected chi connectivity index (χ1v) is 13.1. The zero-order chi connectivity index (χ0) is 24.0. The van der Waals surface area contributed by atoms with Crippen LogP contribution in [0.15, 0.2) is 52.7 Å². The zero-order valence-electron chi connectivity index (χ0n) is 18.9. The van der Waals surface area contributed by atoms with Crippen LogP contribution in [0, 0.1) is 6.92 Å². The van der Waals surface area contributed by atoms with Crippen LogP contribution in [-0.2, 0) is 20.3 Å². The highest BCUT2D eigenvalue weighted by molar-refractivity contribution is 7.90. The Bertz CT molecular complexity index is 1220. The fourth-order valence-corrected chi connectivity index (χ4v) is 5.26. The number of thiazole rings is 1. The Kier molecular flexibility index (Phi) is 8.23. The molecule has 0 aliphatic rings. The maximum absolute atomic E-state index is 13.0. The molecule has 3 aromatic rings.